The molecule has 2 rings (SSSR count). The van der Waals surface area contributed by atoms with E-state index in [1.165, 1.54) is 12.3 Å². The Morgan fingerprint density at radius 2 is 2.13 bits per heavy atom. The van der Waals surface area contributed by atoms with Crippen molar-refractivity contribution in [3.05, 3.63) is 18.1 Å². The summed E-state index contributed by atoms with van der Waals surface area (Å²) in [4.78, 5) is 8.17. The smallest absolute Gasteiger partial charge is 0.263 e. The lowest BCUT2D eigenvalue weighted by Gasteiger charge is -1.97. The van der Waals surface area contributed by atoms with Gasteiger partial charge in [-0.3, -0.25) is 0 Å². The van der Waals surface area contributed by atoms with Crippen LogP contribution < -0.4 is 0 Å². The van der Waals surface area contributed by atoms with Gasteiger partial charge in [-0.15, -0.1) is 0 Å². The van der Waals surface area contributed by atoms with Crippen LogP contribution in [0.3, 0.4) is 0 Å². The molecular formula is C8H8ClN3O2S. The monoisotopic (exact) mass is 245 g/mol. The van der Waals surface area contributed by atoms with Gasteiger partial charge in [0.05, 0.1) is 0 Å². The number of halogens is 1. The Labute approximate surface area is 91.1 Å². The lowest BCUT2D eigenvalue weighted by Crippen LogP contribution is -1.95. The number of nitrogens with zero attached hydrogens (tertiary/aromatic N) is 3. The zero-order chi connectivity index (χ0) is 11.2. The molecule has 15 heavy (non-hydrogen) atoms. The van der Waals surface area contributed by atoms with Crippen molar-refractivity contribution in [2.24, 2.45) is 7.05 Å². The van der Waals surface area contributed by atoms with Crippen LogP contribution in [0.2, 0.25) is 0 Å². The Morgan fingerprint density at radius 1 is 1.47 bits per heavy atom. The highest BCUT2D eigenvalue weighted by Crippen LogP contribution is 2.23. The number of imidazole rings is 1. The van der Waals surface area contributed by atoms with E-state index in [0.717, 1.165) is 0 Å². The Balaban J connectivity index is 2.96. The summed E-state index contributed by atoms with van der Waals surface area (Å²) >= 11 is 0. The highest BCUT2D eigenvalue weighted by molar-refractivity contribution is 8.14. The van der Waals surface area contributed by atoms with Crippen molar-refractivity contribution in [3.8, 4) is 0 Å². The first-order chi connectivity index (χ1) is 6.91. The summed E-state index contributed by atoms with van der Waals surface area (Å²) in [6, 6.07) is 1.34. The van der Waals surface area contributed by atoms with Crippen LogP contribution >= 0.6 is 10.7 Å². The van der Waals surface area contributed by atoms with Crippen LogP contribution in [-0.2, 0) is 16.1 Å². The fourth-order valence-electron chi connectivity index (χ4n) is 1.36. The summed E-state index contributed by atoms with van der Waals surface area (Å²) in [6.07, 6.45) is 1.40. The Hall–Kier alpha value is -1.14. The minimum absolute atomic E-state index is 0.00198. The quantitative estimate of drug-likeness (QED) is 0.709. The van der Waals surface area contributed by atoms with Gasteiger partial charge in [-0.05, 0) is 13.0 Å². The maximum absolute atomic E-state index is 11.3. The summed E-state index contributed by atoms with van der Waals surface area (Å²) in [5.41, 5.74) is 0.821. The number of aromatic nitrogens is 3. The summed E-state index contributed by atoms with van der Waals surface area (Å²) in [7, 11) is 3.28. The molecule has 0 amide bonds. The first-order valence-electron chi connectivity index (χ1n) is 4.14. The van der Waals surface area contributed by atoms with Gasteiger partial charge in [-0.25, -0.2) is 18.4 Å². The molecule has 0 fully saturated rings. The van der Waals surface area contributed by atoms with Gasteiger partial charge in [0.15, 0.2) is 5.65 Å². The van der Waals surface area contributed by atoms with E-state index in [2.05, 4.69) is 9.97 Å². The molecule has 0 atom stereocenters. The van der Waals surface area contributed by atoms with E-state index in [1.807, 2.05) is 0 Å². The third-order valence-electron chi connectivity index (χ3n) is 2.21. The summed E-state index contributed by atoms with van der Waals surface area (Å²) in [6.45, 7) is 1.77. The number of hydrogen-bond donors (Lipinski definition) is 0. The Kier molecular flexibility index (Phi) is 2.20. The Morgan fingerprint density at radius 3 is 2.73 bits per heavy atom. The van der Waals surface area contributed by atoms with Crippen LogP contribution in [0.25, 0.3) is 11.2 Å². The highest BCUT2D eigenvalue weighted by Gasteiger charge is 2.18. The predicted molar refractivity (Wildman–Crippen MR) is 56.3 cm³/mol. The van der Waals surface area contributed by atoms with Crippen molar-refractivity contribution >= 4 is 30.9 Å². The predicted octanol–water partition coefficient (Wildman–Crippen LogP) is 1.20. The number of rotatable bonds is 1. The minimum Gasteiger partial charge on any atom is -0.316 e. The summed E-state index contributed by atoms with van der Waals surface area (Å²) in [5.74, 6) is 0.685. The molecule has 0 saturated carbocycles. The third kappa shape index (κ3) is 1.59. The molecule has 7 heteroatoms. The topological polar surface area (TPSA) is 64.8 Å². The van der Waals surface area contributed by atoms with Crippen LogP contribution in [-0.4, -0.2) is 23.0 Å². The molecule has 0 N–H and O–H groups in total. The fraction of sp³-hybridized carbons (Fsp3) is 0.250. The second-order valence-corrected chi connectivity index (χ2v) is 5.67. The third-order valence-corrected chi connectivity index (χ3v) is 3.56. The molecule has 0 saturated heterocycles. The van der Waals surface area contributed by atoms with Gasteiger partial charge < -0.3 is 4.57 Å². The minimum atomic E-state index is -3.78. The maximum Gasteiger partial charge on any atom is 0.263 e. The molecule has 0 radical (unpaired) electrons. The second kappa shape index (κ2) is 3.18. The van der Waals surface area contributed by atoms with E-state index in [-0.39, 0.29) is 4.90 Å². The van der Waals surface area contributed by atoms with E-state index in [0.29, 0.717) is 17.0 Å². The number of pyridine rings is 1. The number of fused-ring (bicyclic) bond motifs is 1. The van der Waals surface area contributed by atoms with Gasteiger partial charge in [0.25, 0.3) is 9.05 Å². The van der Waals surface area contributed by atoms with Crippen molar-refractivity contribution in [3.63, 3.8) is 0 Å². The van der Waals surface area contributed by atoms with Crippen LogP contribution in [0, 0.1) is 6.92 Å². The van der Waals surface area contributed by atoms with Crippen molar-refractivity contribution in [2.45, 2.75) is 11.8 Å². The van der Waals surface area contributed by atoms with Crippen molar-refractivity contribution < 1.29 is 8.42 Å². The molecule has 0 bridgehead atoms. The summed E-state index contributed by atoms with van der Waals surface area (Å²) < 4.78 is 24.2. The molecular weight excluding hydrogens is 238 g/mol. The largest absolute Gasteiger partial charge is 0.316 e. The first-order valence-corrected chi connectivity index (χ1v) is 6.45. The first kappa shape index (κ1) is 10.4. The zero-order valence-electron chi connectivity index (χ0n) is 8.10. The van der Waals surface area contributed by atoms with Gasteiger partial charge in [0.1, 0.15) is 16.2 Å². The van der Waals surface area contributed by atoms with E-state index in [1.54, 1.807) is 18.5 Å². The van der Waals surface area contributed by atoms with E-state index >= 15 is 0 Å². The zero-order valence-corrected chi connectivity index (χ0v) is 9.67. The molecule has 2 heterocycles. The molecule has 2 aromatic heterocycles. The molecule has 2 aromatic rings. The summed E-state index contributed by atoms with van der Waals surface area (Å²) in [5, 5.41) is 0. The van der Waals surface area contributed by atoms with E-state index < -0.39 is 9.05 Å². The lowest BCUT2D eigenvalue weighted by molar-refractivity contribution is 0.610. The van der Waals surface area contributed by atoms with Crippen LogP contribution in [0.1, 0.15) is 5.82 Å². The van der Waals surface area contributed by atoms with Crippen LogP contribution in [0.5, 0.6) is 0 Å². The SMILES string of the molecule is Cc1nc2c(S(=O)(=O)Cl)ccnc2n1C. The fourth-order valence-corrected chi connectivity index (χ4v) is 2.33. The molecule has 0 aromatic carbocycles. The molecule has 0 aliphatic heterocycles. The second-order valence-electron chi connectivity index (χ2n) is 3.14. The molecule has 0 spiro atoms. The lowest BCUT2D eigenvalue weighted by atomic mass is 10.4. The van der Waals surface area contributed by atoms with Gasteiger partial charge in [0.2, 0.25) is 0 Å². The maximum atomic E-state index is 11.3. The van der Waals surface area contributed by atoms with Gasteiger partial charge >= 0.3 is 0 Å². The van der Waals surface area contributed by atoms with E-state index in [9.17, 15) is 8.42 Å². The molecule has 5 nitrogen and oxygen atoms in total. The van der Waals surface area contributed by atoms with Gasteiger partial charge in [-0.1, -0.05) is 0 Å². The Bertz CT molecular complexity index is 633. The van der Waals surface area contributed by atoms with Gasteiger partial charge in [-0.2, -0.15) is 0 Å². The number of hydrogen-bond acceptors (Lipinski definition) is 4. The highest BCUT2D eigenvalue weighted by atomic mass is 35.7. The standard InChI is InChI=1S/C8H8ClN3O2S/c1-5-11-7-6(15(9,13)14)3-4-10-8(7)12(5)2/h3-4H,1-2H3. The van der Waals surface area contributed by atoms with Gasteiger partial charge in [0, 0.05) is 23.9 Å². The van der Waals surface area contributed by atoms with E-state index in [4.69, 9.17) is 10.7 Å². The normalized spacial score (nSPS) is 12.2. The van der Waals surface area contributed by atoms with Crippen molar-refractivity contribution in [1.82, 2.24) is 14.5 Å². The van der Waals surface area contributed by atoms with Crippen molar-refractivity contribution in [2.75, 3.05) is 0 Å². The molecule has 80 valence electrons. The molecule has 0 unspecified atom stereocenters. The number of aryl methyl sites for hydroxylation is 2. The average Bonchev–Trinajstić information content (AvgIpc) is 2.41. The van der Waals surface area contributed by atoms with Crippen LogP contribution in [0.4, 0.5) is 0 Å². The molecule has 0 aliphatic carbocycles. The average molecular weight is 246 g/mol. The van der Waals surface area contributed by atoms with Crippen molar-refractivity contribution in [1.29, 1.82) is 0 Å². The molecule has 0 aliphatic rings. The van der Waals surface area contributed by atoms with Crippen LogP contribution in [0.15, 0.2) is 17.2 Å².